The Morgan fingerprint density at radius 1 is 1.29 bits per heavy atom. The predicted octanol–water partition coefficient (Wildman–Crippen LogP) is -0.761. The van der Waals surface area contributed by atoms with E-state index in [1.807, 2.05) is 0 Å². The molecule has 0 saturated carbocycles. The fourth-order valence-corrected chi connectivity index (χ4v) is 1.71. The van der Waals surface area contributed by atoms with Crippen molar-refractivity contribution in [2.24, 2.45) is 7.05 Å². The quantitative estimate of drug-likeness (QED) is 0.534. The van der Waals surface area contributed by atoms with E-state index in [4.69, 9.17) is 4.74 Å². The molecule has 0 spiro atoms. The molecule has 0 unspecified atom stereocenters. The monoisotopic (exact) mass is 326 g/mol. The minimum absolute atomic E-state index is 0. The third kappa shape index (κ3) is 5.41. The largest absolute Gasteiger partial charge is 1.00 e. The third-order valence-corrected chi connectivity index (χ3v) is 2.74. The Balaban J connectivity index is 0.00000220. The first kappa shape index (κ1) is 18.7. The molecule has 1 aromatic heterocycles. The second-order valence-corrected chi connectivity index (χ2v) is 4.39. The van der Waals surface area contributed by atoms with E-state index in [-0.39, 0.29) is 63.7 Å². The molecule has 0 fully saturated rings. The number of nitrogens with zero attached hydrogens (tertiary/aromatic N) is 2. The van der Waals surface area contributed by atoms with Gasteiger partial charge in [-0.15, -0.1) is 5.46 Å². The summed E-state index contributed by atoms with van der Waals surface area (Å²) in [4.78, 5) is 0. The molecule has 0 aliphatic rings. The summed E-state index contributed by atoms with van der Waals surface area (Å²) in [7, 11) is 1.75. The van der Waals surface area contributed by atoms with Gasteiger partial charge in [-0.05, 0) is 17.7 Å². The van der Waals surface area contributed by atoms with Gasteiger partial charge in [0.25, 0.3) is 0 Å². The summed E-state index contributed by atoms with van der Waals surface area (Å²) in [5.41, 5.74) is -0.00752. The number of halogens is 4. The second-order valence-electron chi connectivity index (χ2n) is 4.39. The molecule has 0 aliphatic heterocycles. The summed E-state index contributed by atoms with van der Waals surface area (Å²) < 4.78 is 57.8. The van der Waals surface area contributed by atoms with Crippen LogP contribution in [0.5, 0.6) is 5.75 Å². The smallest absolute Gasteiger partial charge is 0.490 e. The van der Waals surface area contributed by atoms with Crippen molar-refractivity contribution in [3.8, 4) is 5.75 Å². The molecule has 0 radical (unpaired) electrons. The molecule has 2 rings (SSSR count). The van der Waals surface area contributed by atoms with Crippen LogP contribution in [0.2, 0.25) is 0 Å². The maximum atomic E-state index is 13.4. The summed E-state index contributed by atoms with van der Waals surface area (Å²) in [5.74, 6) is -1.19. The Bertz CT molecular complexity index is 603. The number of benzene rings is 1. The van der Waals surface area contributed by atoms with Crippen LogP contribution in [-0.2, 0) is 13.5 Å². The van der Waals surface area contributed by atoms with Crippen molar-refractivity contribution in [2.75, 3.05) is 6.61 Å². The van der Waals surface area contributed by atoms with Gasteiger partial charge in [0.15, 0.2) is 11.6 Å². The summed E-state index contributed by atoms with van der Waals surface area (Å²) >= 11 is 0. The van der Waals surface area contributed by atoms with Crippen LogP contribution in [0.4, 0.5) is 17.3 Å². The SMILES string of the molecule is Cn1cc(CCOc2cc([B-](F)(F)F)ccc2F)cn1.[K+]. The van der Waals surface area contributed by atoms with E-state index in [9.17, 15) is 17.3 Å². The molecule has 9 heteroatoms. The molecule has 0 bridgehead atoms. The van der Waals surface area contributed by atoms with Crippen molar-refractivity contribution >= 4 is 12.4 Å². The zero-order valence-corrected chi connectivity index (χ0v) is 14.8. The van der Waals surface area contributed by atoms with Crippen LogP contribution in [-0.4, -0.2) is 23.4 Å². The minimum atomic E-state index is -5.16. The fraction of sp³-hybridized carbons (Fsp3) is 0.250. The first-order valence-electron chi connectivity index (χ1n) is 5.96. The first-order valence-corrected chi connectivity index (χ1v) is 5.96. The van der Waals surface area contributed by atoms with Crippen LogP contribution in [0, 0.1) is 5.82 Å². The molecular formula is C12H12BF4KN2O. The molecular weight excluding hydrogens is 314 g/mol. The van der Waals surface area contributed by atoms with Crippen molar-refractivity contribution in [1.82, 2.24) is 9.78 Å². The van der Waals surface area contributed by atoms with Crippen molar-refractivity contribution in [3.63, 3.8) is 0 Å². The van der Waals surface area contributed by atoms with E-state index in [1.54, 1.807) is 24.1 Å². The van der Waals surface area contributed by atoms with Crippen molar-refractivity contribution < 1.29 is 73.5 Å². The van der Waals surface area contributed by atoms with E-state index in [1.165, 1.54) is 0 Å². The summed E-state index contributed by atoms with van der Waals surface area (Å²) in [6, 6.07) is 2.17. The molecule has 0 atom stereocenters. The third-order valence-electron chi connectivity index (χ3n) is 2.74. The molecule has 0 saturated heterocycles. The molecule has 0 aliphatic carbocycles. The van der Waals surface area contributed by atoms with E-state index in [2.05, 4.69) is 5.10 Å². The number of hydrogen-bond donors (Lipinski definition) is 0. The second kappa shape index (κ2) is 7.78. The number of aromatic nitrogens is 2. The van der Waals surface area contributed by atoms with Gasteiger partial charge in [0.1, 0.15) is 0 Å². The van der Waals surface area contributed by atoms with Gasteiger partial charge in [0.05, 0.1) is 12.8 Å². The molecule has 0 N–H and O–H groups in total. The van der Waals surface area contributed by atoms with Crippen LogP contribution >= 0.6 is 0 Å². The molecule has 2 aromatic rings. The van der Waals surface area contributed by atoms with Crippen LogP contribution < -0.4 is 61.6 Å². The van der Waals surface area contributed by atoms with E-state index < -0.39 is 18.3 Å². The van der Waals surface area contributed by atoms with Crippen molar-refractivity contribution in [3.05, 3.63) is 42.0 Å². The van der Waals surface area contributed by atoms with Gasteiger partial charge >= 0.3 is 58.4 Å². The topological polar surface area (TPSA) is 27.1 Å². The summed E-state index contributed by atoms with van der Waals surface area (Å²) in [6.45, 7) is -5.08. The Labute approximate surface area is 162 Å². The fourth-order valence-electron chi connectivity index (χ4n) is 1.71. The van der Waals surface area contributed by atoms with Gasteiger partial charge in [0, 0.05) is 19.7 Å². The predicted molar refractivity (Wildman–Crippen MR) is 67.5 cm³/mol. The summed E-state index contributed by atoms with van der Waals surface area (Å²) in [6.07, 6.45) is 3.82. The van der Waals surface area contributed by atoms with E-state index in [0.29, 0.717) is 18.6 Å². The molecule has 0 amide bonds. The van der Waals surface area contributed by atoms with Crippen LogP contribution in [0.25, 0.3) is 0 Å². The zero-order valence-electron chi connectivity index (χ0n) is 11.7. The first-order chi connectivity index (χ1) is 9.36. The van der Waals surface area contributed by atoms with Gasteiger partial charge in [-0.3, -0.25) is 4.68 Å². The van der Waals surface area contributed by atoms with Gasteiger partial charge in [-0.2, -0.15) is 5.10 Å². The Kier molecular flexibility index (Phi) is 6.92. The maximum absolute atomic E-state index is 13.4. The maximum Gasteiger partial charge on any atom is 1.00 e. The average Bonchev–Trinajstić information content (AvgIpc) is 2.76. The van der Waals surface area contributed by atoms with Crippen molar-refractivity contribution in [2.45, 2.75) is 6.42 Å². The Hall–Kier alpha value is -0.349. The normalized spacial score (nSPS) is 11.1. The van der Waals surface area contributed by atoms with Crippen molar-refractivity contribution in [1.29, 1.82) is 0 Å². The number of aryl methyl sites for hydroxylation is 1. The Morgan fingerprint density at radius 2 is 2.00 bits per heavy atom. The standard InChI is InChI=1S/C12H12BF4N2O.K/c1-19-8-9(7-18-19)4-5-20-12-6-10(13(15,16)17)2-3-11(12)14;/h2-3,6-8H,4-5H2,1H3;/q-1;+1. The molecule has 1 heterocycles. The summed E-state index contributed by atoms with van der Waals surface area (Å²) in [5, 5.41) is 3.95. The molecule has 1 aromatic carbocycles. The molecule has 108 valence electrons. The van der Waals surface area contributed by atoms with Crippen LogP contribution in [0.15, 0.2) is 30.6 Å². The van der Waals surface area contributed by atoms with Gasteiger partial charge in [-0.25, -0.2) is 4.39 Å². The Morgan fingerprint density at radius 3 is 2.57 bits per heavy atom. The number of hydrogen-bond acceptors (Lipinski definition) is 2. The van der Waals surface area contributed by atoms with E-state index >= 15 is 0 Å². The van der Waals surface area contributed by atoms with E-state index in [0.717, 1.165) is 11.6 Å². The number of ether oxygens (including phenoxy) is 1. The van der Waals surface area contributed by atoms with Gasteiger partial charge < -0.3 is 17.7 Å². The molecule has 21 heavy (non-hydrogen) atoms. The zero-order chi connectivity index (χ0) is 14.8. The van der Waals surface area contributed by atoms with Gasteiger partial charge in [0.2, 0.25) is 0 Å². The van der Waals surface area contributed by atoms with Gasteiger partial charge in [-0.1, -0.05) is 6.07 Å². The van der Waals surface area contributed by atoms with Crippen LogP contribution in [0.1, 0.15) is 5.56 Å². The van der Waals surface area contributed by atoms with Crippen LogP contribution in [0.3, 0.4) is 0 Å². The molecule has 3 nitrogen and oxygen atoms in total. The number of rotatable bonds is 5. The minimum Gasteiger partial charge on any atom is -0.490 e. The average molecular weight is 326 g/mol.